The average Bonchev–Trinajstić information content (AvgIpc) is 3.15. The van der Waals surface area contributed by atoms with Gasteiger partial charge in [0.1, 0.15) is 0 Å². The lowest BCUT2D eigenvalue weighted by molar-refractivity contribution is -0.131. The lowest BCUT2D eigenvalue weighted by Crippen LogP contribution is -2.48. The standard InChI is InChI=1S/C15H20N4O3S/c20-13(1-2-14(21)18-8-10-22-11-9-18)17-4-6-19(7-5-17)15-16-3-12-23-15/h1-3,12H,4-11H2. The van der Waals surface area contributed by atoms with Gasteiger partial charge in [-0.25, -0.2) is 4.98 Å². The van der Waals surface area contributed by atoms with Crippen LogP contribution < -0.4 is 4.90 Å². The van der Waals surface area contributed by atoms with Crippen molar-refractivity contribution in [1.82, 2.24) is 14.8 Å². The maximum Gasteiger partial charge on any atom is 0.246 e. The fourth-order valence-corrected chi connectivity index (χ4v) is 3.32. The van der Waals surface area contributed by atoms with Gasteiger partial charge in [-0.1, -0.05) is 0 Å². The predicted molar refractivity (Wildman–Crippen MR) is 87.4 cm³/mol. The first-order valence-electron chi connectivity index (χ1n) is 7.72. The molecule has 1 aromatic heterocycles. The molecule has 0 spiro atoms. The fraction of sp³-hybridized carbons (Fsp3) is 0.533. The molecule has 8 heteroatoms. The molecule has 0 atom stereocenters. The van der Waals surface area contributed by atoms with Crippen LogP contribution in [0.2, 0.25) is 0 Å². The third-order valence-corrected chi connectivity index (χ3v) is 4.80. The van der Waals surface area contributed by atoms with Crippen molar-refractivity contribution < 1.29 is 14.3 Å². The van der Waals surface area contributed by atoms with Gasteiger partial charge in [0.15, 0.2) is 5.13 Å². The zero-order valence-electron chi connectivity index (χ0n) is 12.9. The number of carbonyl (C=O) groups excluding carboxylic acids is 2. The molecule has 0 N–H and O–H groups in total. The topological polar surface area (TPSA) is 66.0 Å². The number of hydrogen-bond donors (Lipinski definition) is 0. The van der Waals surface area contributed by atoms with Crippen molar-refractivity contribution >= 4 is 28.3 Å². The Balaban J connectivity index is 1.47. The van der Waals surface area contributed by atoms with Crippen LogP contribution in [0.1, 0.15) is 0 Å². The van der Waals surface area contributed by atoms with Gasteiger partial charge < -0.3 is 19.4 Å². The first kappa shape index (κ1) is 15.9. The number of aromatic nitrogens is 1. The number of thiazole rings is 1. The predicted octanol–water partition coefficient (Wildman–Crippen LogP) is 0.207. The molecular formula is C15H20N4O3S. The van der Waals surface area contributed by atoms with E-state index in [0.717, 1.165) is 18.2 Å². The van der Waals surface area contributed by atoms with E-state index >= 15 is 0 Å². The minimum Gasteiger partial charge on any atom is -0.378 e. The Labute approximate surface area is 139 Å². The lowest BCUT2D eigenvalue weighted by atomic mass is 10.3. The maximum absolute atomic E-state index is 12.2. The summed E-state index contributed by atoms with van der Waals surface area (Å²) in [5, 5.41) is 2.95. The van der Waals surface area contributed by atoms with Crippen molar-refractivity contribution in [3.63, 3.8) is 0 Å². The molecule has 124 valence electrons. The Hall–Kier alpha value is -1.93. The first-order chi connectivity index (χ1) is 11.2. The first-order valence-corrected chi connectivity index (χ1v) is 8.60. The Morgan fingerprint density at radius 3 is 2.17 bits per heavy atom. The fourth-order valence-electron chi connectivity index (χ4n) is 2.63. The third kappa shape index (κ3) is 4.08. The van der Waals surface area contributed by atoms with Crippen molar-refractivity contribution in [3.8, 4) is 0 Å². The number of nitrogens with zero attached hydrogens (tertiary/aromatic N) is 4. The molecular weight excluding hydrogens is 316 g/mol. The van der Waals surface area contributed by atoms with E-state index in [9.17, 15) is 9.59 Å². The second kappa shape index (κ2) is 7.56. The Morgan fingerprint density at radius 2 is 1.61 bits per heavy atom. The van der Waals surface area contributed by atoms with E-state index in [2.05, 4.69) is 9.88 Å². The van der Waals surface area contributed by atoms with E-state index in [0.29, 0.717) is 39.4 Å². The van der Waals surface area contributed by atoms with Crippen molar-refractivity contribution in [2.45, 2.75) is 0 Å². The minimum absolute atomic E-state index is 0.106. The molecule has 0 saturated carbocycles. The molecule has 3 rings (SSSR count). The molecule has 1 aromatic rings. The van der Waals surface area contributed by atoms with Crippen molar-refractivity contribution in [1.29, 1.82) is 0 Å². The van der Waals surface area contributed by atoms with E-state index < -0.39 is 0 Å². The molecule has 0 unspecified atom stereocenters. The van der Waals surface area contributed by atoms with Crippen LogP contribution in [0.5, 0.6) is 0 Å². The molecule has 3 heterocycles. The highest BCUT2D eigenvalue weighted by atomic mass is 32.1. The summed E-state index contributed by atoms with van der Waals surface area (Å²) in [6, 6.07) is 0. The van der Waals surface area contributed by atoms with Gasteiger partial charge in [-0.3, -0.25) is 9.59 Å². The molecule has 2 aliphatic heterocycles. The molecule has 7 nitrogen and oxygen atoms in total. The third-order valence-electron chi connectivity index (χ3n) is 3.97. The van der Waals surface area contributed by atoms with E-state index in [4.69, 9.17) is 4.74 Å². The van der Waals surface area contributed by atoms with Gasteiger partial charge in [0.05, 0.1) is 13.2 Å². The summed E-state index contributed by atoms with van der Waals surface area (Å²) in [5.41, 5.74) is 0. The molecule has 2 amide bonds. The quantitative estimate of drug-likeness (QED) is 0.738. The zero-order chi connectivity index (χ0) is 16.1. The van der Waals surface area contributed by atoms with Crippen molar-refractivity contribution in [3.05, 3.63) is 23.7 Å². The summed E-state index contributed by atoms with van der Waals surface area (Å²) in [4.78, 5) is 34.1. The van der Waals surface area contributed by atoms with Gasteiger partial charge in [0.2, 0.25) is 11.8 Å². The Kier molecular flexibility index (Phi) is 5.24. The maximum atomic E-state index is 12.2. The molecule has 0 aromatic carbocycles. The van der Waals surface area contributed by atoms with Gasteiger partial charge in [0.25, 0.3) is 0 Å². The largest absolute Gasteiger partial charge is 0.378 e. The van der Waals surface area contributed by atoms with Gasteiger partial charge in [0, 0.05) is 63.0 Å². The number of morpholine rings is 1. The highest BCUT2D eigenvalue weighted by Gasteiger charge is 2.21. The van der Waals surface area contributed by atoms with Crippen LogP contribution >= 0.6 is 11.3 Å². The van der Waals surface area contributed by atoms with Crippen molar-refractivity contribution in [2.24, 2.45) is 0 Å². The van der Waals surface area contributed by atoms with Crippen LogP contribution in [0.25, 0.3) is 0 Å². The minimum atomic E-state index is -0.122. The smallest absolute Gasteiger partial charge is 0.246 e. The summed E-state index contributed by atoms with van der Waals surface area (Å²) >= 11 is 1.61. The number of hydrogen-bond acceptors (Lipinski definition) is 6. The van der Waals surface area contributed by atoms with E-state index in [1.54, 1.807) is 27.3 Å². The normalized spacial score (nSPS) is 19.4. The zero-order valence-corrected chi connectivity index (χ0v) is 13.7. The van der Waals surface area contributed by atoms with Gasteiger partial charge in [-0.15, -0.1) is 11.3 Å². The van der Waals surface area contributed by atoms with E-state index in [1.165, 1.54) is 12.2 Å². The van der Waals surface area contributed by atoms with E-state index in [1.807, 2.05) is 5.38 Å². The van der Waals surface area contributed by atoms with Crippen LogP contribution in [-0.4, -0.2) is 79.1 Å². The second-order valence-corrected chi connectivity index (χ2v) is 6.27. The summed E-state index contributed by atoms with van der Waals surface area (Å²) in [6.45, 7) is 5.13. The number of piperazine rings is 1. The number of anilines is 1. The summed E-state index contributed by atoms with van der Waals surface area (Å²) in [6.07, 6.45) is 4.55. The van der Waals surface area contributed by atoms with Crippen LogP contribution in [0.15, 0.2) is 23.7 Å². The van der Waals surface area contributed by atoms with Crippen LogP contribution in [0.3, 0.4) is 0 Å². The van der Waals surface area contributed by atoms with Gasteiger partial charge in [-0.2, -0.15) is 0 Å². The average molecular weight is 336 g/mol. The van der Waals surface area contributed by atoms with Crippen molar-refractivity contribution in [2.75, 3.05) is 57.4 Å². The highest BCUT2D eigenvalue weighted by molar-refractivity contribution is 7.13. The Morgan fingerprint density at radius 1 is 1.00 bits per heavy atom. The Bertz CT molecular complexity index is 561. The highest BCUT2D eigenvalue weighted by Crippen LogP contribution is 2.18. The van der Waals surface area contributed by atoms with E-state index in [-0.39, 0.29) is 11.8 Å². The number of ether oxygens (including phenoxy) is 1. The second-order valence-electron chi connectivity index (χ2n) is 5.40. The van der Waals surface area contributed by atoms with Crippen LogP contribution in [-0.2, 0) is 14.3 Å². The molecule has 2 saturated heterocycles. The number of rotatable bonds is 3. The molecule has 0 bridgehead atoms. The summed E-state index contributed by atoms with van der Waals surface area (Å²) in [5.74, 6) is -0.228. The number of amides is 2. The lowest BCUT2D eigenvalue weighted by Gasteiger charge is -2.34. The molecule has 2 fully saturated rings. The SMILES string of the molecule is O=C(C=CC(=O)N1CCN(c2nccs2)CC1)N1CCOCC1. The van der Waals surface area contributed by atoms with Gasteiger partial charge >= 0.3 is 0 Å². The van der Waals surface area contributed by atoms with Gasteiger partial charge in [-0.05, 0) is 0 Å². The summed E-state index contributed by atoms with van der Waals surface area (Å²) in [7, 11) is 0. The number of carbonyl (C=O) groups is 2. The molecule has 0 aliphatic carbocycles. The summed E-state index contributed by atoms with van der Waals surface area (Å²) < 4.78 is 5.21. The molecule has 2 aliphatic rings. The van der Waals surface area contributed by atoms with Crippen LogP contribution in [0, 0.1) is 0 Å². The monoisotopic (exact) mass is 336 g/mol. The van der Waals surface area contributed by atoms with Crippen LogP contribution in [0.4, 0.5) is 5.13 Å². The molecule has 0 radical (unpaired) electrons. The molecule has 23 heavy (non-hydrogen) atoms.